The van der Waals surface area contributed by atoms with Crippen molar-refractivity contribution >= 4 is 5.69 Å². The first-order valence-corrected chi connectivity index (χ1v) is 8.06. The quantitative estimate of drug-likeness (QED) is 0.917. The van der Waals surface area contributed by atoms with E-state index < -0.39 is 0 Å². The van der Waals surface area contributed by atoms with Crippen LogP contribution < -0.4 is 10.6 Å². The van der Waals surface area contributed by atoms with Crippen molar-refractivity contribution in [1.82, 2.24) is 4.90 Å². The van der Waals surface area contributed by atoms with E-state index in [-0.39, 0.29) is 0 Å². The molecule has 3 heteroatoms. The highest BCUT2D eigenvalue weighted by molar-refractivity contribution is 5.56. The second-order valence-corrected chi connectivity index (χ2v) is 6.39. The lowest BCUT2D eigenvalue weighted by Crippen LogP contribution is -2.46. The molecule has 1 unspecified atom stereocenters. The summed E-state index contributed by atoms with van der Waals surface area (Å²) in [6.45, 7) is 7.02. The van der Waals surface area contributed by atoms with Crippen LogP contribution in [0.2, 0.25) is 0 Å². The summed E-state index contributed by atoms with van der Waals surface area (Å²) < 4.78 is 0. The van der Waals surface area contributed by atoms with Crippen molar-refractivity contribution in [2.75, 3.05) is 31.1 Å². The average Bonchev–Trinajstić information content (AvgIpc) is 2.48. The van der Waals surface area contributed by atoms with Gasteiger partial charge in [-0.25, -0.2) is 0 Å². The van der Waals surface area contributed by atoms with Crippen molar-refractivity contribution in [3.05, 3.63) is 29.8 Å². The van der Waals surface area contributed by atoms with Gasteiger partial charge in [-0.1, -0.05) is 18.2 Å². The van der Waals surface area contributed by atoms with Gasteiger partial charge in [0.2, 0.25) is 0 Å². The lowest BCUT2D eigenvalue weighted by Gasteiger charge is -2.39. The lowest BCUT2D eigenvalue weighted by atomic mass is 9.96. The molecule has 2 aliphatic rings. The SMILES string of the molecule is CC1CCc2ccccc2N1CCN1CCC(N)CC1. The molecule has 0 spiro atoms. The Morgan fingerprint density at radius 3 is 2.65 bits per heavy atom. The molecule has 3 rings (SSSR count). The minimum Gasteiger partial charge on any atom is -0.367 e. The van der Waals surface area contributed by atoms with Crippen LogP contribution in [0, 0.1) is 0 Å². The number of piperidine rings is 1. The summed E-state index contributed by atoms with van der Waals surface area (Å²) in [4.78, 5) is 5.18. The molecule has 1 aromatic rings. The molecule has 1 fully saturated rings. The number of hydrogen-bond donors (Lipinski definition) is 1. The molecule has 1 saturated heterocycles. The standard InChI is InChI=1S/C17H27N3/c1-14-6-7-15-4-2-3-5-17(15)20(14)13-12-19-10-8-16(18)9-11-19/h2-5,14,16H,6-13,18H2,1H3. The summed E-state index contributed by atoms with van der Waals surface area (Å²) in [5.41, 5.74) is 8.96. The van der Waals surface area contributed by atoms with Gasteiger partial charge in [-0.3, -0.25) is 0 Å². The fourth-order valence-electron chi connectivity index (χ4n) is 3.53. The monoisotopic (exact) mass is 273 g/mol. The maximum absolute atomic E-state index is 5.98. The number of aryl methyl sites for hydroxylation is 1. The van der Waals surface area contributed by atoms with E-state index in [0.29, 0.717) is 12.1 Å². The normalized spacial score (nSPS) is 24.7. The van der Waals surface area contributed by atoms with Gasteiger partial charge >= 0.3 is 0 Å². The first kappa shape index (κ1) is 13.9. The summed E-state index contributed by atoms with van der Waals surface area (Å²) >= 11 is 0. The van der Waals surface area contributed by atoms with Crippen molar-refractivity contribution < 1.29 is 0 Å². The van der Waals surface area contributed by atoms with Crippen molar-refractivity contribution in [1.29, 1.82) is 0 Å². The Morgan fingerprint density at radius 1 is 1.10 bits per heavy atom. The number of benzene rings is 1. The Balaban J connectivity index is 1.62. The van der Waals surface area contributed by atoms with Gasteiger partial charge in [0.05, 0.1) is 0 Å². The molecule has 110 valence electrons. The number of nitrogens with zero attached hydrogens (tertiary/aromatic N) is 2. The highest BCUT2D eigenvalue weighted by atomic mass is 15.2. The molecular weight excluding hydrogens is 246 g/mol. The zero-order valence-corrected chi connectivity index (χ0v) is 12.6. The zero-order valence-electron chi connectivity index (χ0n) is 12.6. The van der Waals surface area contributed by atoms with Gasteiger partial charge in [0.1, 0.15) is 0 Å². The second-order valence-electron chi connectivity index (χ2n) is 6.39. The lowest BCUT2D eigenvalue weighted by molar-refractivity contribution is 0.215. The van der Waals surface area contributed by atoms with Crippen LogP contribution in [0.15, 0.2) is 24.3 Å². The number of rotatable bonds is 3. The summed E-state index contributed by atoms with van der Waals surface area (Å²) in [6, 6.07) is 10.0. The first-order chi connectivity index (χ1) is 9.74. The topological polar surface area (TPSA) is 32.5 Å². The van der Waals surface area contributed by atoms with E-state index in [1.54, 1.807) is 0 Å². The maximum Gasteiger partial charge on any atom is 0.0401 e. The number of hydrogen-bond acceptors (Lipinski definition) is 3. The van der Waals surface area contributed by atoms with Crippen molar-refractivity contribution in [2.24, 2.45) is 5.73 Å². The molecule has 0 bridgehead atoms. The summed E-state index contributed by atoms with van der Waals surface area (Å²) in [6.07, 6.45) is 4.83. The van der Waals surface area contributed by atoms with Crippen LogP contribution in [0.3, 0.4) is 0 Å². The van der Waals surface area contributed by atoms with E-state index in [1.165, 1.54) is 43.7 Å². The molecule has 2 N–H and O–H groups in total. The molecule has 0 aromatic heterocycles. The Bertz CT molecular complexity index is 438. The first-order valence-electron chi connectivity index (χ1n) is 8.06. The highest BCUT2D eigenvalue weighted by Crippen LogP contribution is 2.30. The highest BCUT2D eigenvalue weighted by Gasteiger charge is 2.23. The van der Waals surface area contributed by atoms with Crippen LogP contribution >= 0.6 is 0 Å². The van der Waals surface area contributed by atoms with E-state index >= 15 is 0 Å². The predicted molar refractivity (Wildman–Crippen MR) is 85.2 cm³/mol. The van der Waals surface area contributed by atoms with Gasteiger partial charge in [-0.2, -0.15) is 0 Å². The average molecular weight is 273 g/mol. The third-order valence-electron chi connectivity index (χ3n) is 4.95. The number of fused-ring (bicyclic) bond motifs is 1. The van der Waals surface area contributed by atoms with Crippen molar-refractivity contribution in [3.8, 4) is 0 Å². The molecule has 0 saturated carbocycles. The third-order valence-corrected chi connectivity index (χ3v) is 4.95. The molecule has 2 aliphatic heterocycles. The smallest absolute Gasteiger partial charge is 0.0401 e. The van der Waals surface area contributed by atoms with Crippen molar-refractivity contribution in [2.45, 2.75) is 44.7 Å². The molecular formula is C17H27N3. The van der Waals surface area contributed by atoms with Crippen LogP contribution in [0.4, 0.5) is 5.69 Å². The van der Waals surface area contributed by atoms with E-state index in [1.807, 2.05) is 0 Å². The van der Waals surface area contributed by atoms with E-state index in [0.717, 1.165) is 19.4 Å². The summed E-state index contributed by atoms with van der Waals surface area (Å²) in [5.74, 6) is 0. The van der Waals surface area contributed by atoms with Gasteiger partial charge in [-0.05, 0) is 57.3 Å². The molecule has 20 heavy (non-hydrogen) atoms. The molecule has 2 heterocycles. The van der Waals surface area contributed by atoms with Gasteiger partial charge < -0.3 is 15.5 Å². The zero-order chi connectivity index (χ0) is 13.9. The van der Waals surface area contributed by atoms with E-state index in [2.05, 4.69) is 41.0 Å². The second kappa shape index (κ2) is 6.15. The number of likely N-dealkylation sites (tertiary alicyclic amines) is 1. The molecule has 3 nitrogen and oxygen atoms in total. The Labute approximate surface area is 122 Å². The molecule has 0 aliphatic carbocycles. The maximum atomic E-state index is 5.98. The van der Waals surface area contributed by atoms with Gasteiger partial charge in [0, 0.05) is 30.9 Å². The molecule has 0 amide bonds. The van der Waals surface area contributed by atoms with Crippen LogP contribution in [-0.4, -0.2) is 43.2 Å². The Kier molecular flexibility index (Phi) is 4.27. The molecule has 0 radical (unpaired) electrons. The van der Waals surface area contributed by atoms with E-state index in [4.69, 9.17) is 5.73 Å². The van der Waals surface area contributed by atoms with Crippen LogP contribution in [0.25, 0.3) is 0 Å². The number of para-hydroxylation sites is 1. The largest absolute Gasteiger partial charge is 0.367 e. The van der Waals surface area contributed by atoms with Crippen LogP contribution in [0.5, 0.6) is 0 Å². The minimum absolute atomic E-state index is 0.431. The van der Waals surface area contributed by atoms with Crippen molar-refractivity contribution in [3.63, 3.8) is 0 Å². The predicted octanol–water partition coefficient (Wildman–Crippen LogP) is 2.25. The fraction of sp³-hybridized carbons (Fsp3) is 0.647. The van der Waals surface area contributed by atoms with Crippen LogP contribution in [0.1, 0.15) is 31.7 Å². The summed E-state index contributed by atoms with van der Waals surface area (Å²) in [7, 11) is 0. The van der Waals surface area contributed by atoms with Gasteiger partial charge in [0.15, 0.2) is 0 Å². The summed E-state index contributed by atoms with van der Waals surface area (Å²) in [5, 5.41) is 0. The Morgan fingerprint density at radius 2 is 1.85 bits per heavy atom. The van der Waals surface area contributed by atoms with Gasteiger partial charge in [0.25, 0.3) is 0 Å². The van der Waals surface area contributed by atoms with Crippen LogP contribution in [-0.2, 0) is 6.42 Å². The molecule has 1 aromatic carbocycles. The Hall–Kier alpha value is -1.06. The van der Waals surface area contributed by atoms with E-state index in [9.17, 15) is 0 Å². The number of nitrogens with two attached hydrogens (primary N) is 1. The fourth-order valence-corrected chi connectivity index (χ4v) is 3.53. The number of anilines is 1. The van der Waals surface area contributed by atoms with Gasteiger partial charge in [-0.15, -0.1) is 0 Å². The molecule has 1 atom stereocenters. The third kappa shape index (κ3) is 2.99. The minimum atomic E-state index is 0.431.